The molecule has 5 rings (SSSR count). The third-order valence-corrected chi connectivity index (χ3v) is 6.38. The molecule has 1 aliphatic heterocycles. The standard InChI is InChI=1S/C22H18FN3O2S/c1-12-24-5-6-26(12)10-17-20-13(8-18(28-2)22(17)27)7-14-11-29-19-9-15(23)3-4-16(19)21(14)25-20/h3-9,27H,10-11H2,1-2H3. The number of phenolic OH excluding ortho intramolecular Hbond substituents is 1. The number of nitrogens with zero attached hydrogens (tertiary/aromatic N) is 3. The zero-order valence-electron chi connectivity index (χ0n) is 15.9. The van der Waals surface area contributed by atoms with Crippen LogP contribution in [0.5, 0.6) is 11.5 Å². The number of hydrogen-bond acceptors (Lipinski definition) is 5. The molecule has 5 nitrogen and oxygen atoms in total. The average Bonchev–Trinajstić information content (AvgIpc) is 3.12. The fraction of sp³-hybridized carbons (Fsp3) is 0.182. The smallest absolute Gasteiger partial charge is 0.164 e. The Morgan fingerprint density at radius 2 is 2.14 bits per heavy atom. The lowest BCUT2D eigenvalue weighted by Crippen LogP contribution is -2.06. The minimum atomic E-state index is -0.251. The Bertz CT molecular complexity index is 1270. The summed E-state index contributed by atoms with van der Waals surface area (Å²) >= 11 is 1.60. The largest absolute Gasteiger partial charge is 0.504 e. The second-order valence-corrected chi connectivity index (χ2v) is 8.02. The molecule has 0 saturated heterocycles. The van der Waals surface area contributed by atoms with Crippen molar-refractivity contribution in [2.45, 2.75) is 24.1 Å². The summed E-state index contributed by atoms with van der Waals surface area (Å²) in [4.78, 5) is 10.1. The van der Waals surface area contributed by atoms with Crippen LogP contribution in [0.4, 0.5) is 4.39 Å². The van der Waals surface area contributed by atoms with E-state index in [0.717, 1.165) is 32.9 Å². The Kier molecular flexibility index (Phi) is 4.20. The summed E-state index contributed by atoms with van der Waals surface area (Å²) in [6, 6.07) is 8.69. The van der Waals surface area contributed by atoms with Crippen molar-refractivity contribution in [3.8, 4) is 22.8 Å². The predicted molar refractivity (Wildman–Crippen MR) is 111 cm³/mol. The molecule has 3 heterocycles. The van der Waals surface area contributed by atoms with Crippen LogP contribution in [0.2, 0.25) is 0 Å². The summed E-state index contributed by atoms with van der Waals surface area (Å²) in [6.45, 7) is 2.33. The molecular formula is C22H18FN3O2S. The number of thioether (sulfide) groups is 1. The van der Waals surface area contributed by atoms with Gasteiger partial charge in [0, 0.05) is 39.6 Å². The van der Waals surface area contributed by atoms with Crippen molar-refractivity contribution >= 4 is 22.7 Å². The van der Waals surface area contributed by atoms with E-state index in [4.69, 9.17) is 9.72 Å². The number of aryl methyl sites for hydroxylation is 1. The Morgan fingerprint density at radius 3 is 2.90 bits per heavy atom. The number of aromatic hydroxyl groups is 1. The molecule has 4 aromatic rings. The minimum absolute atomic E-state index is 0.0741. The van der Waals surface area contributed by atoms with Gasteiger partial charge in [0.25, 0.3) is 0 Å². The van der Waals surface area contributed by atoms with Crippen LogP contribution >= 0.6 is 11.8 Å². The van der Waals surface area contributed by atoms with Crippen LogP contribution in [-0.4, -0.2) is 26.8 Å². The van der Waals surface area contributed by atoms with E-state index in [1.165, 1.54) is 6.07 Å². The maximum absolute atomic E-state index is 13.7. The van der Waals surface area contributed by atoms with Crippen LogP contribution in [-0.2, 0) is 12.3 Å². The first-order chi connectivity index (χ1) is 14.0. The highest BCUT2D eigenvalue weighted by atomic mass is 32.2. The van der Waals surface area contributed by atoms with Gasteiger partial charge in [0.2, 0.25) is 0 Å². The van der Waals surface area contributed by atoms with Crippen LogP contribution < -0.4 is 4.74 Å². The third kappa shape index (κ3) is 2.93. The van der Waals surface area contributed by atoms with Gasteiger partial charge in [0.05, 0.1) is 24.9 Å². The first-order valence-corrected chi connectivity index (χ1v) is 10.2. The molecule has 0 bridgehead atoms. The molecule has 2 aromatic heterocycles. The minimum Gasteiger partial charge on any atom is -0.504 e. The van der Waals surface area contributed by atoms with Gasteiger partial charge in [-0.15, -0.1) is 11.8 Å². The van der Waals surface area contributed by atoms with Crippen LogP contribution in [0.25, 0.3) is 22.2 Å². The summed E-state index contributed by atoms with van der Waals surface area (Å²) in [5.41, 5.74) is 4.21. The van der Waals surface area contributed by atoms with Crippen molar-refractivity contribution in [1.82, 2.24) is 14.5 Å². The van der Waals surface area contributed by atoms with Crippen molar-refractivity contribution in [2.24, 2.45) is 0 Å². The molecule has 1 aliphatic rings. The lowest BCUT2D eigenvalue weighted by atomic mass is 10.0. The summed E-state index contributed by atoms with van der Waals surface area (Å²) in [5, 5.41) is 11.8. The Hall–Kier alpha value is -3.06. The fourth-order valence-electron chi connectivity index (χ4n) is 3.75. The highest BCUT2D eigenvalue weighted by molar-refractivity contribution is 7.98. The summed E-state index contributed by atoms with van der Waals surface area (Å²) < 4.78 is 21.0. The number of halogens is 1. The normalized spacial score (nSPS) is 12.7. The molecular weight excluding hydrogens is 389 g/mol. The number of ether oxygens (including phenoxy) is 1. The number of hydrogen-bond donors (Lipinski definition) is 1. The predicted octanol–water partition coefficient (Wildman–Crippen LogP) is 4.91. The summed E-state index contributed by atoms with van der Waals surface area (Å²) in [5.74, 6) is 1.80. The lowest BCUT2D eigenvalue weighted by Gasteiger charge is -2.21. The third-order valence-electron chi connectivity index (χ3n) is 5.28. The van der Waals surface area contributed by atoms with Crippen molar-refractivity contribution in [1.29, 1.82) is 0 Å². The van der Waals surface area contributed by atoms with Gasteiger partial charge in [0.1, 0.15) is 11.6 Å². The molecule has 29 heavy (non-hydrogen) atoms. The van der Waals surface area contributed by atoms with Gasteiger partial charge in [-0.05, 0) is 42.8 Å². The number of pyridine rings is 1. The molecule has 146 valence electrons. The maximum Gasteiger partial charge on any atom is 0.164 e. The van der Waals surface area contributed by atoms with Crippen molar-refractivity contribution in [3.63, 3.8) is 0 Å². The SMILES string of the molecule is COc1cc2cc3c(nc2c(Cn2ccnc2C)c1O)-c1ccc(F)cc1SC3. The molecule has 7 heteroatoms. The lowest BCUT2D eigenvalue weighted by molar-refractivity contribution is 0.371. The molecule has 0 spiro atoms. The van der Waals surface area contributed by atoms with Gasteiger partial charge in [-0.2, -0.15) is 0 Å². The number of methoxy groups -OCH3 is 1. The van der Waals surface area contributed by atoms with Crippen LogP contribution in [0.3, 0.4) is 0 Å². The van der Waals surface area contributed by atoms with Crippen LogP contribution in [0.1, 0.15) is 17.0 Å². The van der Waals surface area contributed by atoms with E-state index < -0.39 is 0 Å². The number of fused-ring (bicyclic) bond motifs is 4. The van der Waals surface area contributed by atoms with Gasteiger partial charge in [0.15, 0.2) is 11.5 Å². The van der Waals surface area contributed by atoms with Gasteiger partial charge in [-0.25, -0.2) is 14.4 Å². The number of benzene rings is 2. The quantitative estimate of drug-likeness (QED) is 0.523. The molecule has 1 N–H and O–H groups in total. The van der Waals surface area contributed by atoms with E-state index >= 15 is 0 Å². The van der Waals surface area contributed by atoms with Gasteiger partial charge < -0.3 is 14.4 Å². The molecule has 0 aliphatic carbocycles. The molecule has 0 unspecified atom stereocenters. The average molecular weight is 407 g/mol. The highest BCUT2D eigenvalue weighted by Crippen LogP contribution is 2.44. The van der Waals surface area contributed by atoms with Crippen LogP contribution in [0.15, 0.2) is 47.6 Å². The first kappa shape index (κ1) is 18.0. The zero-order chi connectivity index (χ0) is 20.1. The number of rotatable bonds is 3. The van der Waals surface area contributed by atoms with Crippen LogP contribution in [0, 0.1) is 12.7 Å². The van der Waals surface area contributed by atoms with E-state index in [1.807, 2.05) is 23.8 Å². The Balaban J connectivity index is 1.77. The zero-order valence-corrected chi connectivity index (χ0v) is 16.8. The van der Waals surface area contributed by atoms with E-state index in [9.17, 15) is 9.50 Å². The number of aromatic nitrogens is 3. The van der Waals surface area contributed by atoms with E-state index in [2.05, 4.69) is 11.1 Å². The van der Waals surface area contributed by atoms with Gasteiger partial charge in [-0.1, -0.05) is 0 Å². The van der Waals surface area contributed by atoms with Crippen molar-refractivity contribution in [2.75, 3.05) is 7.11 Å². The van der Waals surface area contributed by atoms with Gasteiger partial charge in [-0.3, -0.25) is 0 Å². The molecule has 0 atom stereocenters. The highest BCUT2D eigenvalue weighted by Gasteiger charge is 2.23. The van der Waals surface area contributed by atoms with E-state index in [0.29, 0.717) is 29.1 Å². The Labute approximate surface area is 171 Å². The summed E-state index contributed by atoms with van der Waals surface area (Å²) in [6.07, 6.45) is 3.60. The van der Waals surface area contributed by atoms with Crippen molar-refractivity contribution in [3.05, 3.63) is 65.5 Å². The topological polar surface area (TPSA) is 60.2 Å². The van der Waals surface area contributed by atoms with E-state index in [-0.39, 0.29) is 11.6 Å². The van der Waals surface area contributed by atoms with Crippen molar-refractivity contribution < 1.29 is 14.2 Å². The number of imidazole rings is 1. The monoisotopic (exact) mass is 407 g/mol. The summed E-state index contributed by atoms with van der Waals surface area (Å²) in [7, 11) is 1.54. The van der Waals surface area contributed by atoms with E-state index in [1.54, 1.807) is 37.2 Å². The Morgan fingerprint density at radius 1 is 1.28 bits per heavy atom. The molecule has 0 radical (unpaired) electrons. The fourth-order valence-corrected chi connectivity index (χ4v) is 4.80. The second kappa shape index (κ2) is 6.77. The van der Waals surface area contributed by atoms with Gasteiger partial charge >= 0.3 is 0 Å². The number of phenols is 1. The second-order valence-electron chi connectivity index (χ2n) is 7.01. The molecule has 0 amide bonds. The first-order valence-electron chi connectivity index (χ1n) is 9.18. The maximum atomic E-state index is 13.7. The molecule has 0 saturated carbocycles. The molecule has 0 fully saturated rings. The molecule has 2 aromatic carbocycles.